The molecule has 4 rings (SSSR count). The van der Waals surface area contributed by atoms with E-state index in [0.717, 1.165) is 31.6 Å². The molecule has 0 saturated carbocycles. The summed E-state index contributed by atoms with van der Waals surface area (Å²) >= 11 is 0. The van der Waals surface area contributed by atoms with E-state index in [1.807, 2.05) is 18.2 Å². The predicted molar refractivity (Wildman–Crippen MR) is 108 cm³/mol. The van der Waals surface area contributed by atoms with Crippen LogP contribution in [-0.2, 0) is 27.8 Å². The lowest BCUT2D eigenvalue weighted by atomic mass is 10.0. The Hall–Kier alpha value is -2.22. The molecule has 0 aliphatic carbocycles. The summed E-state index contributed by atoms with van der Waals surface area (Å²) in [5.41, 5.74) is 2.87. The van der Waals surface area contributed by atoms with Gasteiger partial charge in [0, 0.05) is 31.7 Å². The highest BCUT2D eigenvalue weighted by Gasteiger charge is 2.25. The van der Waals surface area contributed by atoms with Crippen LogP contribution in [0, 0.1) is 5.92 Å². The first-order valence-corrected chi connectivity index (χ1v) is 11.2. The Morgan fingerprint density at radius 1 is 1.11 bits per heavy atom. The molecule has 0 radical (unpaired) electrons. The number of fused-ring (bicyclic) bond motifs is 1. The van der Waals surface area contributed by atoms with Crippen molar-refractivity contribution in [3.8, 4) is 0 Å². The van der Waals surface area contributed by atoms with E-state index in [-0.39, 0.29) is 10.8 Å². The van der Waals surface area contributed by atoms with Crippen LogP contribution in [0.1, 0.15) is 24.0 Å². The van der Waals surface area contributed by atoms with Crippen LogP contribution in [0.5, 0.6) is 0 Å². The van der Waals surface area contributed by atoms with Crippen LogP contribution in [0.2, 0.25) is 0 Å². The summed E-state index contributed by atoms with van der Waals surface area (Å²) in [5, 5.41) is 2.78. The molecular formula is C21H25N3O3S. The molecule has 6 nitrogen and oxygen atoms in total. The monoisotopic (exact) mass is 399 g/mol. The van der Waals surface area contributed by atoms with Crippen LogP contribution in [0.15, 0.2) is 53.4 Å². The number of hydrogen-bond donors (Lipinski definition) is 2. The molecule has 0 aromatic heterocycles. The van der Waals surface area contributed by atoms with Crippen molar-refractivity contribution >= 4 is 21.6 Å². The van der Waals surface area contributed by atoms with Crippen molar-refractivity contribution in [1.29, 1.82) is 0 Å². The van der Waals surface area contributed by atoms with E-state index in [4.69, 9.17) is 0 Å². The number of benzene rings is 2. The fraction of sp³-hybridized carbons (Fsp3) is 0.381. The zero-order valence-electron chi connectivity index (χ0n) is 15.7. The molecule has 7 heteroatoms. The second-order valence-corrected chi connectivity index (χ2v) is 9.36. The quantitative estimate of drug-likeness (QED) is 0.782. The standard InChI is InChI=1S/C21H25N3O3S/c25-21-9-6-18-12-19(7-8-20(18)23-21)28(26,27)22-13-17-10-11-24(15-17)14-16-4-2-1-3-5-16/h1-5,7-8,12,17,22H,6,9-11,13-15H2,(H,23,25)/t17-/m1/s1. The van der Waals surface area contributed by atoms with Gasteiger partial charge >= 0.3 is 0 Å². The largest absolute Gasteiger partial charge is 0.326 e. The molecule has 0 bridgehead atoms. The van der Waals surface area contributed by atoms with Crippen LogP contribution in [-0.4, -0.2) is 38.9 Å². The van der Waals surface area contributed by atoms with Crippen molar-refractivity contribution in [2.45, 2.75) is 30.7 Å². The van der Waals surface area contributed by atoms with Crippen LogP contribution in [0.25, 0.3) is 0 Å². The molecule has 1 saturated heterocycles. The molecular weight excluding hydrogens is 374 g/mol. The second kappa shape index (κ2) is 8.03. The van der Waals surface area contributed by atoms with Gasteiger partial charge in [-0.25, -0.2) is 13.1 Å². The maximum absolute atomic E-state index is 12.7. The van der Waals surface area contributed by atoms with Gasteiger partial charge in [-0.05, 0) is 54.6 Å². The Labute approximate surface area is 166 Å². The summed E-state index contributed by atoms with van der Waals surface area (Å²) in [7, 11) is -3.55. The SMILES string of the molecule is O=C1CCc2cc(S(=O)(=O)NC[C@H]3CCN(Cc4ccccc4)C3)ccc2N1. The Morgan fingerprint density at radius 3 is 2.75 bits per heavy atom. The highest BCUT2D eigenvalue weighted by Crippen LogP contribution is 2.26. The predicted octanol–water partition coefficient (Wildman–Crippen LogP) is 2.37. The number of amides is 1. The average molecular weight is 400 g/mol. The molecule has 2 heterocycles. The molecule has 2 aliphatic heterocycles. The minimum absolute atomic E-state index is 0.0254. The van der Waals surface area contributed by atoms with Gasteiger partial charge in [0.2, 0.25) is 15.9 Å². The summed E-state index contributed by atoms with van der Waals surface area (Å²) in [6.07, 6.45) is 1.95. The summed E-state index contributed by atoms with van der Waals surface area (Å²) in [6.45, 7) is 3.23. The van der Waals surface area contributed by atoms with E-state index in [1.165, 1.54) is 5.56 Å². The van der Waals surface area contributed by atoms with Gasteiger partial charge in [0.25, 0.3) is 0 Å². The van der Waals surface area contributed by atoms with Gasteiger partial charge in [0.05, 0.1) is 4.90 Å². The van der Waals surface area contributed by atoms with Gasteiger partial charge in [-0.2, -0.15) is 0 Å². The van der Waals surface area contributed by atoms with Crippen molar-refractivity contribution in [2.24, 2.45) is 5.92 Å². The Balaban J connectivity index is 1.34. The summed E-state index contributed by atoms with van der Waals surface area (Å²) in [6, 6.07) is 15.2. The van der Waals surface area contributed by atoms with Crippen molar-refractivity contribution in [3.63, 3.8) is 0 Å². The summed E-state index contributed by atoms with van der Waals surface area (Å²) < 4.78 is 28.2. The van der Waals surface area contributed by atoms with Crippen LogP contribution < -0.4 is 10.0 Å². The second-order valence-electron chi connectivity index (χ2n) is 7.59. The van der Waals surface area contributed by atoms with Crippen molar-refractivity contribution < 1.29 is 13.2 Å². The molecule has 2 aromatic carbocycles. The maximum atomic E-state index is 12.7. The topological polar surface area (TPSA) is 78.5 Å². The van der Waals surface area contributed by atoms with Crippen molar-refractivity contribution in [2.75, 3.05) is 25.0 Å². The Morgan fingerprint density at radius 2 is 1.93 bits per heavy atom. The number of anilines is 1. The van der Waals surface area contributed by atoms with Crippen LogP contribution in [0.3, 0.4) is 0 Å². The highest BCUT2D eigenvalue weighted by atomic mass is 32.2. The lowest BCUT2D eigenvalue weighted by molar-refractivity contribution is -0.116. The van der Waals surface area contributed by atoms with Gasteiger partial charge < -0.3 is 5.32 Å². The number of hydrogen-bond acceptors (Lipinski definition) is 4. The fourth-order valence-corrected chi connectivity index (χ4v) is 5.07. The van der Waals surface area contributed by atoms with E-state index in [2.05, 4.69) is 27.1 Å². The highest BCUT2D eigenvalue weighted by molar-refractivity contribution is 7.89. The zero-order chi connectivity index (χ0) is 19.6. The number of aryl methyl sites for hydroxylation is 1. The minimum atomic E-state index is -3.55. The first-order valence-electron chi connectivity index (χ1n) is 9.68. The van der Waals surface area contributed by atoms with Crippen molar-refractivity contribution in [1.82, 2.24) is 9.62 Å². The summed E-state index contributed by atoms with van der Waals surface area (Å²) in [4.78, 5) is 14.1. The fourth-order valence-electron chi connectivity index (χ4n) is 3.90. The molecule has 0 spiro atoms. The lowest BCUT2D eigenvalue weighted by Crippen LogP contribution is -2.31. The van der Waals surface area contributed by atoms with Gasteiger partial charge in [-0.15, -0.1) is 0 Å². The molecule has 1 amide bonds. The van der Waals surface area contributed by atoms with E-state index < -0.39 is 10.0 Å². The van der Waals surface area contributed by atoms with Gasteiger partial charge in [0.1, 0.15) is 0 Å². The zero-order valence-corrected chi connectivity index (χ0v) is 16.5. The number of sulfonamides is 1. The third kappa shape index (κ3) is 4.43. The molecule has 28 heavy (non-hydrogen) atoms. The Kier molecular flexibility index (Phi) is 5.48. The van der Waals surface area contributed by atoms with E-state index >= 15 is 0 Å². The molecule has 2 aromatic rings. The third-order valence-electron chi connectivity index (χ3n) is 5.46. The first-order chi connectivity index (χ1) is 13.5. The number of carbonyl (C=O) groups excluding carboxylic acids is 1. The van der Waals surface area contributed by atoms with Crippen LogP contribution in [0.4, 0.5) is 5.69 Å². The minimum Gasteiger partial charge on any atom is -0.326 e. The number of carbonyl (C=O) groups is 1. The maximum Gasteiger partial charge on any atom is 0.240 e. The van der Waals surface area contributed by atoms with Crippen LogP contribution >= 0.6 is 0 Å². The Bertz CT molecular complexity index is 960. The molecule has 148 valence electrons. The van der Waals surface area contributed by atoms with Gasteiger partial charge in [0.15, 0.2) is 0 Å². The van der Waals surface area contributed by atoms with E-state index in [9.17, 15) is 13.2 Å². The first kappa shape index (κ1) is 19.1. The number of likely N-dealkylation sites (tertiary alicyclic amines) is 1. The van der Waals surface area contributed by atoms with Crippen molar-refractivity contribution in [3.05, 3.63) is 59.7 Å². The normalized spacial score (nSPS) is 20.0. The van der Waals surface area contributed by atoms with Gasteiger partial charge in [-0.3, -0.25) is 9.69 Å². The summed E-state index contributed by atoms with van der Waals surface area (Å²) in [5.74, 6) is 0.290. The number of rotatable bonds is 6. The number of nitrogens with zero attached hydrogens (tertiary/aromatic N) is 1. The van der Waals surface area contributed by atoms with E-state index in [1.54, 1.807) is 18.2 Å². The molecule has 2 N–H and O–H groups in total. The smallest absolute Gasteiger partial charge is 0.240 e. The molecule has 1 atom stereocenters. The molecule has 2 aliphatic rings. The third-order valence-corrected chi connectivity index (χ3v) is 6.88. The lowest BCUT2D eigenvalue weighted by Gasteiger charge is -2.18. The van der Waals surface area contributed by atoms with Gasteiger partial charge in [-0.1, -0.05) is 30.3 Å². The molecule has 0 unspecified atom stereocenters. The van der Waals surface area contributed by atoms with E-state index in [0.29, 0.717) is 31.0 Å². The molecule has 1 fully saturated rings. The number of nitrogens with one attached hydrogen (secondary N) is 2. The average Bonchev–Trinajstić information content (AvgIpc) is 3.14.